The first-order valence-electron chi connectivity index (χ1n) is 8.37. The number of benzene rings is 2. The lowest BCUT2D eigenvalue weighted by atomic mass is 10.0. The van der Waals surface area contributed by atoms with Crippen molar-refractivity contribution in [3.8, 4) is 11.5 Å². The van der Waals surface area contributed by atoms with Crippen LogP contribution in [0.25, 0.3) is 6.08 Å². The van der Waals surface area contributed by atoms with Gasteiger partial charge in [-0.25, -0.2) is 9.69 Å². The number of barbiturate groups is 1. The van der Waals surface area contributed by atoms with Gasteiger partial charge in [0.15, 0.2) is 11.5 Å². The Hall–Kier alpha value is -3.73. The second-order valence-electron chi connectivity index (χ2n) is 6.23. The van der Waals surface area contributed by atoms with E-state index in [9.17, 15) is 29.6 Å². The molecule has 10 nitrogen and oxygen atoms in total. The van der Waals surface area contributed by atoms with E-state index in [4.69, 9.17) is 4.74 Å². The standard InChI is InChI=1S/C19H14BrN3O7/c1-9-5-11(3-4-14(9)20)22-18(26)13(17(25)21-19(22)27)7-10-6-12(23(28)29)8-15(30-2)16(10)24/h3-8,24H,1-2H3,(H,21,25,27). The van der Waals surface area contributed by atoms with Crippen LogP contribution >= 0.6 is 15.9 Å². The molecule has 2 N–H and O–H groups in total. The van der Waals surface area contributed by atoms with Crippen molar-refractivity contribution in [2.24, 2.45) is 0 Å². The Morgan fingerprint density at radius 3 is 2.53 bits per heavy atom. The molecule has 2 aromatic rings. The van der Waals surface area contributed by atoms with Crippen molar-refractivity contribution in [2.45, 2.75) is 6.92 Å². The van der Waals surface area contributed by atoms with Gasteiger partial charge in [0.1, 0.15) is 5.57 Å². The maximum atomic E-state index is 12.9. The van der Waals surface area contributed by atoms with Crippen molar-refractivity contribution >= 4 is 51.2 Å². The Morgan fingerprint density at radius 1 is 1.23 bits per heavy atom. The number of aromatic hydroxyl groups is 1. The fourth-order valence-corrected chi connectivity index (χ4v) is 3.05. The van der Waals surface area contributed by atoms with Crippen molar-refractivity contribution in [2.75, 3.05) is 12.0 Å². The largest absolute Gasteiger partial charge is 0.504 e. The summed E-state index contributed by atoms with van der Waals surface area (Å²) >= 11 is 3.33. The summed E-state index contributed by atoms with van der Waals surface area (Å²) in [5.74, 6) is -2.66. The van der Waals surface area contributed by atoms with Crippen LogP contribution in [-0.4, -0.2) is 35.0 Å². The van der Waals surface area contributed by atoms with Gasteiger partial charge in [0.25, 0.3) is 17.5 Å². The molecule has 0 spiro atoms. The Bertz CT molecular complexity index is 1140. The van der Waals surface area contributed by atoms with Gasteiger partial charge < -0.3 is 9.84 Å². The van der Waals surface area contributed by atoms with Gasteiger partial charge >= 0.3 is 6.03 Å². The van der Waals surface area contributed by atoms with Gasteiger partial charge in [-0.2, -0.15) is 0 Å². The highest BCUT2D eigenvalue weighted by atomic mass is 79.9. The number of hydrogen-bond acceptors (Lipinski definition) is 7. The van der Waals surface area contributed by atoms with Gasteiger partial charge in [0.2, 0.25) is 0 Å². The molecule has 0 atom stereocenters. The lowest BCUT2D eigenvalue weighted by molar-refractivity contribution is -0.385. The molecule has 1 aliphatic heterocycles. The average molecular weight is 476 g/mol. The maximum Gasteiger partial charge on any atom is 0.335 e. The fourth-order valence-electron chi connectivity index (χ4n) is 2.80. The highest BCUT2D eigenvalue weighted by Crippen LogP contribution is 2.36. The molecule has 0 saturated carbocycles. The van der Waals surface area contributed by atoms with Crippen molar-refractivity contribution in [3.05, 3.63) is 61.6 Å². The topological polar surface area (TPSA) is 139 Å². The van der Waals surface area contributed by atoms with E-state index in [-0.39, 0.29) is 17.0 Å². The first-order valence-corrected chi connectivity index (χ1v) is 9.16. The number of halogens is 1. The quantitative estimate of drug-likeness (QED) is 0.299. The molecule has 0 bridgehead atoms. The van der Waals surface area contributed by atoms with Crippen LogP contribution in [-0.2, 0) is 9.59 Å². The molecule has 11 heteroatoms. The number of nitro groups is 1. The van der Waals surface area contributed by atoms with E-state index < -0.39 is 39.8 Å². The number of carbonyl (C=O) groups is 3. The molecule has 154 valence electrons. The first kappa shape index (κ1) is 21.0. The molecule has 30 heavy (non-hydrogen) atoms. The predicted octanol–water partition coefficient (Wildman–Crippen LogP) is 3.05. The molecule has 1 saturated heterocycles. The molecule has 1 heterocycles. The Labute approximate surface area is 178 Å². The minimum Gasteiger partial charge on any atom is -0.504 e. The van der Waals surface area contributed by atoms with Gasteiger partial charge in [0.05, 0.1) is 23.8 Å². The number of nitrogens with one attached hydrogen (secondary N) is 1. The van der Waals surface area contributed by atoms with E-state index in [1.807, 2.05) is 5.32 Å². The van der Waals surface area contributed by atoms with Crippen LogP contribution in [0.5, 0.6) is 11.5 Å². The van der Waals surface area contributed by atoms with Crippen molar-refractivity contribution in [1.82, 2.24) is 5.32 Å². The van der Waals surface area contributed by atoms with Crippen LogP contribution in [0.4, 0.5) is 16.2 Å². The third-order valence-electron chi connectivity index (χ3n) is 4.32. The predicted molar refractivity (Wildman–Crippen MR) is 109 cm³/mol. The van der Waals surface area contributed by atoms with Crippen LogP contribution < -0.4 is 15.0 Å². The van der Waals surface area contributed by atoms with Gasteiger partial charge in [-0.3, -0.25) is 25.0 Å². The monoisotopic (exact) mass is 475 g/mol. The lowest BCUT2D eigenvalue weighted by Gasteiger charge is -2.26. The van der Waals surface area contributed by atoms with E-state index in [1.165, 1.54) is 13.2 Å². The number of non-ortho nitro benzene ring substituents is 1. The minimum absolute atomic E-state index is 0.194. The zero-order valence-corrected chi connectivity index (χ0v) is 17.2. The Balaban J connectivity index is 2.12. The van der Waals surface area contributed by atoms with E-state index in [0.29, 0.717) is 0 Å². The summed E-state index contributed by atoms with van der Waals surface area (Å²) < 4.78 is 5.67. The van der Waals surface area contributed by atoms with Crippen LogP contribution in [0.15, 0.2) is 40.4 Å². The number of imide groups is 2. The van der Waals surface area contributed by atoms with Crippen LogP contribution in [0.3, 0.4) is 0 Å². The number of phenols is 1. The second kappa shape index (κ2) is 7.95. The van der Waals surface area contributed by atoms with E-state index in [1.54, 1.807) is 19.1 Å². The zero-order valence-electron chi connectivity index (χ0n) is 15.6. The summed E-state index contributed by atoms with van der Waals surface area (Å²) in [4.78, 5) is 48.7. The number of anilines is 1. The number of methoxy groups -OCH3 is 1. The number of nitro benzene ring substituents is 1. The smallest absolute Gasteiger partial charge is 0.335 e. The number of aryl methyl sites for hydroxylation is 1. The molecule has 2 aromatic carbocycles. The summed E-state index contributed by atoms with van der Waals surface area (Å²) in [5, 5.41) is 23.5. The van der Waals surface area contributed by atoms with Gasteiger partial charge in [-0.15, -0.1) is 0 Å². The third kappa shape index (κ3) is 3.74. The molecule has 0 aliphatic carbocycles. The van der Waals surface area contributed by atoms with Crippen molar-refractivity contribution in [1.29, 1.82) is 0 Å². The number of amides is 4. The first-order chi connectivity index (χ1) is 14.1. The summed E-state index contributed by atoms with van der Waals surface area (Å²) in [6, 6.07) is 5.77. The van der Waals surface area contributed by atoms with Crippen molar-refractivity contribution in [3.63, 3.8) is 0 Å². The number of carbonyl (C=O) groups excluding carboxylic acids is 3. The second-order valence-corrected chi connectivity index (χ2v) is 7.09. The van der Waals surface area contributed by atoms with Gasteiger partial charge in [-0.1, -0.05) is 15.9 Å². The number of phenolic OH excluding ortho intramolecular Hbond substituents is 1. The number of hydrogen-bond donors (Lipinski definition) is 2. The number of rotatable bonds is 4. The summed E-state index contributed by atoms with van der Waals surface area (Å²) in [6.07, 6.45) is 0.966. The van der Waals surface area contributed by atoms with E-state index in [2.05, 4.69) is 15.9 Å². The molecule has 4 amide bonds. The molecule has 0 radical (unpaired) electrons. The number of ether oxygens (including phenoxy) is 1. The number of nitrogens with zero attached hydrogens (tertiary/aromatic N) is 2. The fraction of sp³-hybridized carbons (Fsp3) is 0.105. The molecular weight excluding hydrogens is 462 g/mol. The molecule has 1 aliphatic rings. The minimum atomic E-state index is -1.00. The van der Waals surface area contributed by atoms with Crippen LogP contribution in [0.1, 0.15) is 11.1 Å². The molecule has 3 rings (SSSR count). The van der Waals surface area contributed by atoms with Crippen LogP contribution in [0.2, 0.25) is 0 Å². The zero-order chi connectivity index (χ0) is 22.2. The van der Waals surface area contributed by atoms with Crippen LogP contribution in [0, 0.1) is 17.0 Å². The Morgan fingerprint density at radius 2 is 1.93 bits per heavy atom. The molecule has 0 aromatic heterocycles. The number of urea groups is 1. The molecule has 0 unspecified atom stereocenters. The summed E-state index contributed by atoms with van der Waals surface area (Å²) in [7, 11) is 1.20. The third-order valence-corrected chi connectivity index (χ3v) is 5.21. The summed E-state index contributed by atoms with van der Waals surface area (Å²) in [5.41, 5.74) is -0.139. The Kier molecular flexibility index (Phi) is 5.56. The molecular formula is C19H14BrN3O7. The normalized spacial score (nSPS) is 15.4. The highest BCUT2D eigenvalue weighted by Gasteiger charge is 2.37. The molecule has 1 fully saturated rings. The maximum absolute atomic E-state index is 12.9. The lowest BCUT2D eigenvalue weighted by Crippen LogP contribution is -2.54. The average Bonchev–Trinajstić information content (AvgIpc) is 2.68. The summed E-state index contributed by atoms with van der Waals surface area (Å²) in [6.45, 7) is 1.76. The SMILES string of the molecule is COc1cc([N+](=O)[O-])cc(C=C2C(=O)NC(=O)N(c3ccc(Br)c(C)c3)C2=O)c1O. The van der Waals surface area contributed by atoms with E-state index in [0.717, 1.165) is 33.1 Å². The van der Waals surface area contributed by atoms with Crippen molar-refractivity contribution < 1.29 is 29.2 Å². The van der Waals surface area contributed by atoms with Gasteiger partial charge in [0, 0.05) is 16.1 Å². The highest BCUT2D eigenvalue weighted by molar-refractivity contribution is 9.10. The van der Waals surface area contributed by atoms with Gasteiger partial charge in [-0.05, 0) is 36.8 Å². The van der Waals surface area contributed by atoms with E-state index >= 15 is 0 Å².